The van der Waals surface area contributed by atoms with Gasteiger partial charge in [0.2, 0.25) is 0 Å². The van der Waals surface area contributed by atoms with Crippen molar-refractivity contribution in [2.75, 3.05) is 13.2 Å². The second kappa shape index (κ2) is 2.27. The standard InChI is InChI=1S/C7H14O2/c1-7(2)3-4-9-5-6(7)8/h6,8H,3-5H2,1-2H3. The molecule has 0 amide bonds. The third-order valence-corrected chi connectivity index (χ3v) is 2.07. The molecule has 1 atom stereocenters. The lowest BCUT2D eigenvalue weighted by molar-refractivity contribution is -0.0811. The third-order valence-electron chi connectivity index (χ3n) is 2.07. The molecule has 1 fully saturated rings. The van der Waals surface area contributed by atoms with Crippen molar-refractivity contribution in [3.05, 3.63) is 0 Å². The Morgan fingerprint density at radius 2 is 2.22 bits per heavy atom. The van der Waals surface area contributed by atoms with Crippen LogP contribution in [-0.4, -0.2) is 24.4 Å². The zero-order chi connectivity index (χ0) is 6.91. The highest BCUT2D eigenvalue weighted by atomic mass is 16.5. The summed E-state index contributed by atoms with van der Waals surface area (Å²) in [6.45, 7) is 5.44. The first-order valence-corrected chi connectivity index (χ1v) is 3.39. The SMILES string of the molecule is CC1(C)CCOCC1O. The molecule has 0 aromatic carbocycles. The van der Waals surface area contributed by atoms with Gasteiger partial charge in [0.1, 0.15) is 0 Å². The average molecular weight is 130 g/mol. The summed E-state index contributed by atoms with van der Waals surface area (Å²) in [5.41, 5.74) is 0.0677. The Labute approximate surface area is 55.8 Å². The molecule has 2 nitrogen and oxygen atoms in total. The van der Waals surface area contributed by atoms with Crippen molar-refractivity contribution >= 4 is 0 Å². The summed E-state index contributed by atoms with van der Waals surface area (Å²) in [6, 6.07) is 0. The van der Waals surface area contributed by atoms with E-state index in [1.54, 1.807) is 0 Å². The normalized spacial score (nSPS) is 34.3. The van der Waals surface area contributed by atoms with E-state index in [1.807, 2.05) is 0 Å². The van der Waals surface area contributed by atoms with E-state index in [0.29, 0.717) is 6.61 Å². The molecule has 0 radical (unpaired) electrons. The van der Waals surface area contributed by atoms with Gasteiger partial charge in [-0.1, -0.05) is 13.8 Å². The van der Waals surface area contributed by atoms with Gasteiger partial charge >= 0.3 is 0 Å². The van der Waals surface area contributed by atoms with E-state index in [4.69, 9.17) is 4.74 Å². The van der Waals surface area contributed by atoms with E-state index >= 15 is 0 Å². The minimum Gasteiger partial charge on any atom is -0.390 e. The Kier molecular flexibility index (Phi) is 1.78. The van der Waals surface area contributed by atoms with Crippen molar-refractivity contribution in [3.8, 4) is 0 Å². The number of aliphatic hydroxyl groups is 1. The summed E-state index contributed by atoms with van der Waals surface area (Å²) in [7, 11) is 0. The Bertz CT molecular complexity index is 99.1. The van der Waals surface area contributed by atoms with Gasteiger partial charge in [0.15, 0.2) is 0 Å². The molecule has 54 valence electrons. The summed E-state index contributed by atoms with van der Waals surface area (Å²) in [5.74, 6) is 0. The molecule has 1 aliphatic heterocycles. The van der Waals surface area contributed by atoms with Crippen LogP contribution >= 0.6 is 0 Å². The highest BCUT2D eigenvalue weighted by Crippen LogP contribution is 2.28. The molecule has 0 bridgehead atoms. The largest absolute Gasteiger partial charge is 0.390 e. The molecule has 1 saturated heterocycles. The van der Waals surface area contributed by atoms with Crippen molar-refractivity contribution < 1.29 is 9.84 Å². The lowest BCUT2D eigenvalue weighted by Crippen LogP contribution is -2.38. The second-order valence-electron chi connectivity index (χ2n) is 3.33. The smallest absolute Gasteiger partial charge is 0.0825 e. The zero-order valence-corrected chi connectivity index (χ0v) is 6.05. The van der Waals surface area contributed by atoms with Gasteiger partial charge in [-0.3, -0.25) is 0 Å². The van der Waals surface area contributed by atoms with Gasteiger partial charge in [-0.05, 0) is 11.8 Å². The predicted molar refractivity (Wildman–Crippen MR) is 35.2 cm³/mol. The predicted octanol–water partition coefficient (Wildman–Crippen LogP) is 0.794. The van der Waals surface area contributed by atoms with E-state index in [9.17, 15) is 5.11 Å². The average Bonchev–Trinajstić information content (AvgIpc) is 1.77. The fraction of sp³-hybridized carbons (Fsp3) is 1.00. The Hall–Kier alpha value is -0.0800. The molecule has 1 N–H and O–H groups in total. The van der Waals surface area contributed by atoms with E-state index in [1.165, 1.54) is 0 Å². The van der Waals surface area contributed by atoms with Crippen LogP contribution in [0, 0.1) is 5.41 Å². The minimum absolute atomic E-state index is 0.0677. The Morgan fingerprint density at radius 1 is 1.56 bits per heavy atom. The minimum atomic E-state index is -0.272. The molecule has 9 heavy (non-hydrogen) atoms. The fourth-order valence-electron chi connectivity index (χ4n) is 0.922. The van der Waals surface area contributed by atoms with Crippen LogP contribution in [0.4, 0.5) is 0 Å². The monoisotopic (exact) mass is 130 g/mol. The maximum Gasteiger partial charge on any atom is 0.0825 e. The van der Waals surface area contributed by atoms with Gasteiger partial charge in [-0.15, -0.1) is 0 Å². The summed E-state index contributed by atoms with van der Waals surface area (Å²) in [4.78, 5) is 0. The maximum absolute atomic E-state index is 9.31. The maximum atomic E-state index is 9.31. The number of ether oxygens (including phenoxy) is 1. The lowest BCUT2D eigenvalue weighted by Gasteiger charge is -2.34. The number of aliphatic hydroxyl groups excluding tert-OH is 1. The van der Waals surface area contributed by atoms with Crippen molar-refractivity contribution in [3.63, 3.8) is 0 Å². The molecular weight excluding hydrogens is 116 g/mol. The summed E-state index contributed by atoms with van der Waals surface area (Å²) in [5, 5.41) is 9.31. The van der Waals surface area contributed by atoms with E-state index < -0.39 is 0 Å². The molecule has 1 rings (SSSR count). The van der Waals surface area contributed by atoms with E-state index in [2.05, 4.69) is 13.8 Å². The molecule has 1 heterocycles. The van der Waals surface area contributed by atoms with Gasteiger partial charge in [-0.2, -0.15) is 0 Å². The van der Waals surface area contributed by atoms with Crippen LogP contribution in [0.2, 0.25) is 0 Å². The molecule has 2 heteroatoms. The summed E-state index contributed by atoms with van der Waals surface area (Å²) in [6.07, 6.45) is 0.694. The summed E-state index contributed by atoms with van der Waals surface area (Å²) >= 11 is 0. The highest BCUT2D eigenvalue weighted by Gasteiger charge is 2.30. The highest BCUT2D eigenvalue weighted by molar-refractivity contribution is 4.80. The quantitative estimate of drug-likeness (QED) is 0.525. The Morgan fingerprint density at radius 3 is 2.56 bits per heavy atom. The molecule has 1 aliphatic rings. The lowest BCUT2D eigenvalue weighted by atomic mass is 9.82. The van der Waals surface area contributed by atoms with Crippen LogP contribution in [0.3, 0.4) is 0 Å². The van der Waals surface area contributed by atoms with Gasteiger partial charge in [0.25, 0.3) is 0 Å². The molecule has 0 spiro atoms. The van der Waals surface area contributed by atoms with Crippen molar-refractivity contribution in [1.29, 1.82) is 0 Å². The van der Waals surface area contributed by atoms with Gasteiger partial charge in [-0.25, -0.2) is 0 Å². The van der Waals surface area contributed by atoms with Crippen molar-refractivity contribution in [2.24, 2.45) is 5.41 Å². The van der Waals surface area contributed by atoms with Crippen molar-refractivity contribution in [2.45, 2.75) is 26.4 Å². The molecule has 0 aromatic rings. The van der Waals surface area contributed by atoms with Crippen LogP contribution in [0.15, 0.2) is 0 Å². The molecule has 0 aromatic heterocycles. The Balaban J connectivity index is 2.49. The number of rotatable bonds is 0. The van der Waals surface area contributed by atoms with Crippen LogP contribution in [0.5, 0.6) is 0 Å². The van der Waals surface area contributed by atoms with Gasteiger partial charge < -0.3 is 9.84 Å². The van der Waals surface area contributed by atoms with E-state index in [0.717, 1.165) is 13.0 Å². The number of hydrogen-bond acceptors (Lipinski definition) is 2. The number of hydrogen-bond donors (Lipinski definition) is 1. The fourth-order valence-corrected chi connectivity index (χ4v) is 0.922. The molecule has 0 aliphatic carbocycles. The first-order valence-electron chi connectivity index (χ1n) is 3.39. The summed E-state index contributed by atoms with van der Waals surface area (Å²) < 4.78 is 5.07. The van der Waals surface area contributed by atoms with Crippen LogP contribution in [0.1, 0.15) is 20.3 Å². The molecule has 0 saturated carbocycles. The van der Waals surface area contributed by atoms with Gasteiger partial charge in [0.05, 0.1) is 12.7 Å². The van der Waals surface area contributed by atoms with Gasteiger partial charge in [0, 0.05) is 6.61 Å². The first-order chi connectivity index (χ1) is 4.13. The van der Waals surface area contributed by atoms with Crippen LogP contribution in [0.25, 0.3) is 0 Å². The van der Waals surface area contributed by atoms with Crippen LogP contribution < -0.4 is 0 Å². The third kappa shape index (κ3) is 1.43. The van der Waals surface area contributed by atoms with Crippen molar-refractivity contribution in [1.82, 2.24) is 0 Å². The second-order valence-corrected chi connectivity index (χ2v) is 3.33. The molecule has 1 unspecified atom stereocenters. The van der Waals surface area contributed by atoms with Crippen LogP contribution in [-0.2, 0) is 4.74 Å². The zero-order valence-electron chi connectivity index (χ0n) is 6.05. The first kappa shape index (κ1) is 7.03. The topological polar surface area (TPSA) is 29.5 Å². The van der Waals surface area contributed by atoms with E-state index in [-0.39, 0.29) is 11.5 Å². The molecular formula is C7H14O2.